The lowest BCUT2D eigenvalue weighted by Crippen LogP contribution is -2.04. The van der Waals surface area contributed by atoms with Crippen molar-refractivity contribution in [3.63, 3.8) is 0 Å². The summed E-state index contributed by atoms with van der Waals surface area (Å²) >= 11 is 1.70. The van der Waals surface area contributed by atoms with Crippen LogP contribution < -0.4 is 5.73 Å². The van der Waals surface area contributed by atoms with Gasteiger partial charge in [-0.25, -0.2) is 4.98 Å². The molecule has 0 saturated heterocycles. The second-order valence-electron chi connectivity index (χ2n) is 3.79. The number of pyridine rings is 1. The van der Waals surface area contributed by atoms with E-state index < -0.39 is 0 Å². The summed E-state index contributed by atoms with van der Waals surface area (Å²) in [6.07, 6.45) is 4.60. The Kier molecular flexibility index (Phi) is 3.64. The number of hydrogen-bond donors (Lipinski definition) is 1. The summed E-state index contributed by atoms with van der Waals surface area (Å²) in [5.74, 6) is 0.445. The zero-order valence-electron chi connectivity index (χ0n) is 9.26. The first-order valence-corrected chi connectivity index (χ1v) is 6.25. The van der Waals surface area contributed by atoms with Crippen LogP contribution in [0.15, 0.2) is 29.9 Å². The molecule has 2 N–H and O–H groups in total. The molecule has 0 aromatic carbocycles. The molecule has 2 aromatic rings. The molecule has 0 bridgehead atoms. The van der Waals surface area contributed by atoms with E-state index in [1.165, 1.54) is 0 Å². The van der Waals surface area contributed by atoms with Gasteiger partial charge in [-0.15, -0.1) is 11.3 Å². The topological polar surface area (TPSA) is 51.8 Å². The average Bonchev–Trinajstić information content (AvgIpc) is 2.80. The summed E-state index contributed by atoms with van der Waals surface area (Å²) in [6, 6.07) is 3.96. The monoisotopic (exact) mass is 233 g/mol. The molecule has 0 radical (unpaired) electrons. The molecule has 0 saturated carbocycles. The molecule has 2 heterocycles. The minimum atomic E-state index is 0.445. The van der Waals surface area contributed by atoms with Crippen LogP contribution in [0.3, 0.4) is 0 Å². The van der Waals surface area contributed by atoms with Crippen molar-refractivity contribution in [2.75, 3.05) is 6.54 Å². The van der Waals surface area contributed by atoms with E-state index in [4.69, 9.17) is 5.73 Å². The third-order valence-corrected chi connectivity index (χ3v) is 3.58. The molecule has 0 aliphatic rings. The molecule has 2 rings (SSSR count). The van der Waals surface area contributed by atoms with Gasteiger partial charge in [0.25, 0.3) is 0 Å². The molecule has 84 valence electrons. The van der Waals surface area contributed by atoms with E-state index in [0.717, 1.165) is 22.7 Å². The van der Waals surface area contributed by atoms with Crippen molar-refractivity contribution in [1.82, 2.24) is 9.97 Å². The summed E-state index contributed by atoms with van der Waals surface area (Å²) in [5.41, 5.74) is 7.64. The van der Waals surface area contributed by atoms with Gasteiger partial charge in [-0.3, -0.25) is 4.98 Å². The molecule has 3 nitrogen and oxygen atoms in total. The summed E-state index contributed by atoms with van der Waals surface area (Å²) in [4.78, 5) is 8.72. The molecule has 1 atom stereocenters. The van der Waals surface area contributed by atoms with E-state index >= 15 is 0 Å². The lowest BCUT2D eigenvalue weighted by Gasteiger charge is -2.04. The second-order valence-corrected chi connectivity index (χ2v) is 4.68. The van der Waals surface area contributed by atoms with Crippen molar-refractivity contribution in [2.45, 2.75) is 19.3 Å². The number of nitrogens with zero attached hydrogens (tertiary/aromatic N) is 2. The smallest absolute Gasteiger partial charge is 0.0961 e. The van der Waals surface area contributed by atoms with E-state index in [1.807, 2.05) is 18.3 Å². The van der Waals surface area contributed by atoms with Crippen molar-refractivity contribution in [2.24, 2.45) is 5.73 Å². The Balaban J connectivity index is 2.20. The van der Waals surface area contributed by atoms with Gasteiger partial charge in [0.05, 0.1) is 10.7 Å². The first kappa shape index (κ1) is 11.2. The van der Waals surface area contributed by atoms with Crippen LogP contribution in [0.5, 0.6) is 0 Å². The Morgan fingerprint density at radius 1 is 1.50 bits per heavy atom. The van der Waals surface area contributed by atoms with E-state index in [0.29, 0.717) is 12.5 Å². The summed E-state index contributed by atoms with van der Waals surface area (Å²) in [7, 11) is 0. The van der Waals surface area contributed by atoms with Gasteiger partial charge in [-0.1, -0.05) is 6.92 Å². The molecule has 0 spiro atoms. The highest BCUT2D eigenvalue weighted by atomic mass is 32.1. The van der Waals surface area contributed by atoms with Gasteiger partial charge < -0.3 is 5.73 Å². The zero-order valence-corrected chi connectivity index (χ0v) is 10.1. The molecule has 0 aliphatic carbocycles. The van der Waals surface area contributed by atoms with Crippen LogP contribution in [0.1, 0.15) is 24.3 Å². The largest absolute Gasteiger partial charge is 0.330 e. The number of thiazole rings is 1. The molecule has 2 aromatic heterocycles. The van der Waals surface area contributed by atoms with Crippen LogP contribution in [0.4, 0.5) is 0 Å². The maximum atomic E-state index is 5.55. The van der Waals surface area contributed by atoms with Gasteiger partial charge in [0.1, 0.15) is 0 Å². The normalized spacial score (nSPS) is 12.6. The van der Waals surface area contributed by atoms with Crippen molar-refractivity contribution < 1.29 is 0 Å². The quantitative estimate of drug-likeness (QED) is 0.883. The molecule has 0 amide bonds. The highest BCUT2D eigenvalue weighted by Crippen LogP contribution is 2.27. The van der Waals surface area contributed by atoms with Gasteiger partial charge in [0, 0.05) is 29.3 Å². The molecule has 1 unspecified atom stereocenters. The Morgan fingerprint density at radius 2 is 2.38 bits per heavy atom. The third-order valence-electron chi connectivity index (χ3n) is 2.50. The van der Waals surface area contributed by atoms with Crippen molar-refractivity contribution >= 4 is 11.3 Å². The van der Waals surface area contributed by atoms with Gasteiger partial charge >= 0.3 is 0 Å². The first-order chi connectivity index (χ1) is 7.81. The molecular weight excluding hydrogens is 218 g/mol. The number of aromatic nitrogens is 2. The van der Waals surface area contributed by atoms with Crippen LogP contribution in [0, 0.1) is 0 Å². The number of rotatable bonds is 4. The minimum Gasteiger partial charge on any atom is -0.330 e. The van der Waals surface area contributed by atoms with Crippen LogP contribution in [-0.4, -0.2) is 16.5 Å². The SMILES string of the molecule is CC(CCN)c1nc(-c2cccnc2)cs1. The molecule has 4 heteroatoms. The Bertz CT molecular complexity index is 439. The highest BCUT2D eigenvalue weighted by Gasteiger charge is 2.10. The van der Waals surface area contributed by atoms with Crippen molar-refractivity contribution in [3.8, 4) is 11.3 Å². The highest BCUT2D eigenvalue weighted by molar-refractivity contribution is 7.10. The summed E-state index contributed by atoms with van der Waals surface area (Å²) in [6.45, 7) is 2.88. The van der Waals surface area contributed by atoms with Crippen molar-refractivity contribution in [3.05, 3.63) is 34.9 Å². The Labute approximate surface area is 99.4 Å². The lowest BCUT2D eigenvalue weighted by molar-refractivity contribution is 0.685. The predicted octanol–water partition coefficient (Wildman–Crippen LogP) is 2.66. The van der Waals surface area contributed by atoms with Gasteiger partial charge in [-0.2, -0.15) is 0 Å². The second kappa shape index (κ2) is 5.18. The fourth-order valence-corrected chi connectivity index (χ4v) is 2.46. The Hall–Kier alpha value is -1.26. The summed E-state index contributed by atoms with van der Waals surface area (Å²) < 4.78 is 0. The molecule has 0 aliphatic heterocycles. The third kappa shape index (κ3) is 2.46. The first-order valence-electron chi connectivity index (χ1n) is 5.37. The minimum absolute atomic E-state index is 0.445. The predicted molar refractivity (Wildman–Crippen MR) is 67.4 cm³/mol. The maximum Gasteiger partial charge on any atom is 0.0961 e. The summed E-state index contributed by atoms with van der Waals surface area (Å²) in [5, 5.41) is 3.24. The van der Waals surface area contributed by atoms with Crippen LogP contribution in [0.25, 0.3) is 11.3 Å². The van der Waals surface area contributed by atoms with E-state index in [1.54, 1.807) is 17.5 Å². The fraction of sp³-hybridized carbons (Fsp3) is 0.333. The molecule has 16 heavy (non-hydrogen) atoms. The lowest BCUT2D eigenvalue weighted by atomic mass is 10.1. The number of nitrogens with two attached hydrogens (primary N) is 1. The zero-order chi connectivity index (χ0) is 11.4. The Morgan fingerprint density at radius 3 is 3.06 bits per heavy atom. The van der Waals surface area contributed by atoms with Gasteiger partial charge in [0.15, 0.2) is 0 Å². The molecular formula is C12H15N3S. The van der Waals surface area contributed by atoms with E-state index in [-0.39, 0.29) is 0 Å². The van der Waals surface area contributed by atoms with Crippen molar-refractivity contribution in [1.29, 1.82) is 0 Å². The van der Waals surface area contributed by atoms with Crippen LogP contribution in [0.2, 0.25) is 0 Å². The van der Waals surface area contributed by atoms with Gasteiger partial charge in [-0.05, 0) is 25.1 Å². The average molecular weight is 233 g/mol. The van der Waals surface area contributed by atoms with E-state index in [2.05, 4.69) is 22.3 Å². The number of hydrogen-bond acceptors (Lipinski definition) is 4. The standard InChI is InChI=1S/C12H15N3S/c1-9(4-5-13)12-15-11(8-16-12)10-3-2-6-14-7-10/h2-3,6-9H,4-5,13H2,1H3. The molecule has 0 fully saturated rings. The fourth-order valence-electron chi connectivity index (χ4n) is 1.53. The maximum absolute atomic E-state index is 5.55. The van der Waals surface area contributed by atoms with Crippen LogP contribution in [-0.2, 0) is 0 Å². The van der Waals surface area contributed by atoms with Gasteiger partial charge in [0.2, 0.25) is 0 Å². The van der Waals surface area contributed by atoms with Crippen LogP contribution >= 0.6 is 11.3 Å². The van der Waals surface area contributed by atoms with E-state index in [9.17, 15) is 0 Å².